The maximum Gasteiger partial charge on any atom is 0.319 e. The van der Waals surface area contributed by atoms with Gasteiger partial charge in [0, 0.05) is 82.6 Å². The fourth-order valence-electron chi connectivity index (χ4n) is 10.1. The number of halogens is 3. The van der Waals surface area contributed by atoms with Crippen molar-refractivity contribution in [2.45, 2.75) is 75.7 Å². The van der Waals surface area contributed by atoms with Crippen LogP contribution in [0.3, 0.4) is 0 Å². The number of piperazine rings is 1. The SMILES string of the molecule is CCc1c(F)ccc2cc(O)cc(-c3c(F)c4nc(OC[C@@]56CCCN5C[C@H](F)C6)nc(N5C6CCC5CN(CCCOC)C6)c4c4cn(C)nc34)c12. The smallest absolute Gasteiger partial charge is 0.319 e. The van der Waals surface area contributed by atoms with Crippen molar-refractivity contribution >= 4 is 38.4 Å². The van der Waals surface area contributed by atoms with Gasteiger partial charge < -0.3 is 19.5 Å². The number of phenols is 1. The quantitative estimate of drug-likeness (QED) is 0.161. The minimum atomic E-state index is -0.920. The number of rotatable bonds is 10. The number of ether oxygens (including phenoxy) is 2. The summed E-state index contributed by atoms with van der Waals surface area (Å²) >= 11 is 0. The standard InChI is InChI=1S/C40H46F3N7O3/c1-4-28-31(42)10-7-23-15-27(51)16-29(32(23)28)33-35(43)37-34(30-21-47(2)46-36(30)33)38(50-25-8-9-26(50)20-48(19-25)12-6-14-52-3)45-39(44-37)53-22-40-11-5-13-49(40)18-24(41)17-40/h7,10,15-16,21,24-26,51H,4-6,8-9,11-14,17-20,22H2,1-3H3/t24-,25?,26?,40+/m1/s1. The van der Waals surface area contributed by atoms with Gasteiger partial charge in [-0.3, -0.25) is 14.5 Å². The Balaban J connectivity index is 1.25. The lowest BCUT2D eigenvalue weighted by Crippen LogP contribution is -2.54. The Bertz CT molecular complexity index is 2220. The molecule has 2 bridgehead atoms. The molecule has 2 aromatic heterocycles. The first-order valence-electron chi connectivity index (χ1n) is 19.0. The number of nitrogens with zero attached hydrogens (tertiary/aromatic N) is 7. The van der Waals surface area contributed by atoms with Crippen LogP contribution in [0.15, 0.2) is 30.5 Å². The van der Waals surface area contributed by atoms with Gasteiger partial charge in [0.05, 0.1) is 10.9 Å². The summed E-state index contributed by atoms with van der Waals surface area (Å²) in [5.74, 6) is -0.506. The monoisotopic (exact) mass is 729 g/mol. The molecule has 0 amide bonds. The van der Waals surface area contributed by atoms with Gasteiger partial charge in [-0.1, -0.05) is 13.0 Å². The van der Waals surface area contributed by atoms with Gasteiger partial charge in [-0.25, -0.2) is 13.2 Å². The van der Waals surface area contributed by atoms with E-state index >= 15 is 8.78 Å². The zero-order chi connectivity index (χ0) is 36.6. The van der Waals surface area contributed by atoms with E-state index in [-0.39, 0.29) is 41.5 Å². The Morgan fingerprint density at radius 1 is 1.04 bits per heavy atom. The second kappa shape index (κ2) is 13.3. The molecule has 0 radical (unpaired) electrons. The Hall–Kier alpha value is -4.20. The highest BCUT2D eigenvalue weighted by Crippen LogP contribution is 2.47. The van der Waals surface area contributed by atoms with Crippen LogP contribution in [0.2, 0.25) is 0 Å². The highest BCUT2D eigenvalue weighted by molar-refractivity contribution is 6.18. The predicted molar refractivity (Wildman–Crippen MR) is 198 cm³/mol. The van der Waals surface area contributed by atoms with Gasteiger partial charge in [0.1, 0.15) is 41.2 Å². The molecule has 280 valence electrons. The van der Waals surface area contributed by atoms with Crippen LogP contribution in [0.4, 0.5) is 19.0 Å². The van der Waals surface area contributed by atoms with Gasteiger partial charge in [0.15, 0.2) is 5.82 Å². The number of aromatic hydroxyl groups is 1. The minimum absolute atomic E-state index is 0.0482. The third kappa shape index (κ3) is 5.69. The third-order valence-corrected chi connectivity index (χ3v) is 12.3. The van der Waals surface area contributed by atoms with Gasteiger partial charge in [0.2, 0.25) is 0 Å². The van der Waals surface area contributed by atoms with Crippen LogP contribution in [-0.2, 0) is 18.2 Å². The van der Waals surface area contributed by atoms with Gasteiger partial charge in [0.25, 0.3) is 0 Å². The topological polar surface area (TPSA) is 92.0 Å². The van der Waals surface area contributed by atoms with Crippen LogP contribution in [0.25, 0.3) is 43.7 Å². The maximum absolute atomic E-state index is 17.8. The summed E-state index contributed by atoms with van der Waals surface area (Å²) in [5, 5.41) is 18.0. The molecule has 4 aliphatic rings. The van der Waals surface area contributed by atoms with E-state index in [2.05, 4.69) is 14.7 Å². The molecule has 0 spiro atoms. The van der Waals surface area contributed by atoms with Gasteiger partial charge >= 0.3 is 6.01 Å². The zero-order valence-corrected chi connectivity index (χ0v) is 30.5. The van der Waals surface area contributed by atoms with Crippen molar-refractivity contribution in [2.75, 3.05) is 57.9 Å². The molecule has 4 saturated heterocycles. The fraction of sp³-hybridized carbons (Fsp3) is 0.525. The van der Waals surface area contributed by atoms with E-state index in [9.17, 15) is 9.50 Å². The van der Waals surface area contributed by atoms with E-state index < -0.39 is 23.3 Å². The molecular weight excluding hydrogens is 683 g/mol. The molecule has 6 heterocycles. The Morgan fingerprint density at radius 2 is 1.85 bits per heavy atom. The second-order valence-electron chi connectivity index (χ2n) is 15.5. The molecule has 1 N–H and O–H groups in total. The molecular formula is C40H46F3N7O3. The van der Waals surface area contributed by atoms with Crippen molar-refractivity contribution < 1.29 is 27.8 Å². The zero-order valence-electron chi connectivity index (χ0n) is 30.5. The normalized spacial score (nSPS) is 24.7. The van der Waals surface area contributed by atoms with Crippen LogP contribution in [0, 0.1) is 11.6 Å². The van der Waals surface area contributed by atoms with Crippen molar-refractivity contribution in [3.8, 4) is 22.9 Å². The highest BCUT2D eigenvalue weighted by atomic mass is 19.1. The molecule has 5 aromatic rings. The van der Waals surface area contributed by atoms with Crippen molar-refractivity contribution in [2.24, 2.45) is 7.05 Å². The lowest BCUT2D eigenvalue weighted by molar-refractivity contribution is 0.107. The maximum atomic E-state index is 17.8. The van der Waals surface area contributed by atoms with E-state index in [0.29, 0.717) is 70.0 Å². The summed E-state index contributed by atoms with van der Waals surface area (Å²) in [6.07, 6.45) is 6.37. The summed E-state index contributed by atoms with van der Waals surface area (Å²) in [6, 6.07) is 6.39. The second-order valence-corrected chi connectivity index (χ2v) is 15.5. The van der Waals surface area contributed by atoms with Gasteiger partial charge in [-0.2, -0.15) is 15.1 Å². The van der Waals surface area contributed by atoms with Crippen LogP contribution < -0.4 is 9.64 Å². The largest absolute Gasteiger partial charge is 0.508 e. The summed E-state index contributed by atoms with van der Waals surface area (Å²) in [5.41, 5.74) is 0.906. The number of phenolic OH excluding ortho intramolecular Hbond substituents is 1. The van der Waals surface area contributed by atoms with E-state index in [4.69, 9.17) is 24.5 Å². The fourth-order valence-corrected chi connectivity index (χ4v) is 10.1. The number of hydrogen-bond acceptors (Lipinski definition) is 9. The first-order valence-corrected chi connectivity index (χ1v) is 19.0. The van der Waals surface area contributed by atoms with Crippen LogP contribution >= 0.6 is 0 Å². The number of aryl methyl sites for hydroxylation is 2. The molecule has 0 aliphatic carbocycles. The molecule has 13 heteroatoms. The highest BCUT2D eigenvalue weighted by Gasteiger charge is 2.49. The molecule has 4 fully saturated rings. The average molecular weight is 730 g/mol. The molecule has 4 aliphatic heterocycles. The van der Waals surface area contributed by atoms with E-state index in [1.54, 1.807) is 31.0 Å². The van der Waals surface area contributed by atoms with Gasteiger partial charge in [-0.05, 0) is 85.2 Å². The number of anilines is 1. The number of aromatic nitrogens is 4. The Kier molecular flexibility index (Phi) is 8.66. The molecule has 10 nitrogen and oxygen atoms in total. The van der Waals surface area contributed by atoms with Gasteiger partial charge in [-0.15, -0.1) is 0 Å². The van der Waals surface area contributed by atoms with Crippen LogP contribution in [0.5, 0.6) is 11.8 Å². The summed E-state index contributed by atoms with van der Waals surface area (Å²) in [4.78, 5) is 16.9. The van der Waals surface area contributed by atoms with Crippen molar-refractivity contribution in [3.05, 3.63) is 47.7 Å². The number of benzene rings is 3. The molecule has 0 saturated carbocycles. The van der Waals surface area contributed by atoms with Crippen LogP contribution in [0.1, 0.15) is 51.0 Å². The van der Waals surface area contributed by atoms with Crippen molar-refractivity contribution in [1.29, 1.82) is 0 Å². The number of methoxy groups -OCH3 is 1. The van der Waals surface area contributed by atoms with Crippen molar-refractivity contribution in [3.63, 3.8) is 0 Å². The predicted octanol–water partition coefficient (Wildman–Crippen LogP) is 6.53. The average Bonchev–Trinajstić information content (AvgIpc) is 3.86. The first kappa shape index (κ1) is 34.6. The van der Waals surface area contributed by atoms with Crippen LogP contribution in [-0.4, -0.2) is 111 Å². The minimum Gasteiger partial charge on any atom is -0.508 e. The van der Waals surface area contributed by atoms with E-state index in [1.165, 1.54) is 12.1 Å². The Labute approximate surface area is 306 Å². The molecule has 9 rings (SSSR count). The first-order chi connectivity index (χ1) is 25.7. The van der Waals surface area contributed by atoms with E-state index in [0.717, 1.165) is 58.3 Å². The number of likely N-dealkylation sites (tertiary alicyclic amines) is 1. The lowest BCUT2D eigenvalue weighted by atomic mass is 9.90. The lowest BCUT2D eigenvalue weighted by Gasteiger charge is -2.42. The summed E-state index contributed by atoms with van der Waals surface area (Å²) in [7, 11) is 3.51. The molecule has 3 aromatic carbocycles. The molecule has 4 atom stereocenters. The van der Waals surface area contributed by atoms with E-state index in [1.807, 2.05) is 13.1 Å². The number of alkyl halides is 1. The number of hydrogen-bond donors (Lipinski definition) is 1. The molecule has 2 unspecified atom stereocenters. The third-order valence-electron chi connectivity index (χ3n) is 12.3. The summed E-state index contributed by atoms with van der Waals surface area (Å²) < 4.78 is 61.3. The molecule has 53 heavy (non-hydrogen) atoms. The van der Waals surface area contributed by atoms with Crippen molar-refractivity contribution in [1.82, 2.24) is 29.5 Å². The Morgan fingerprint density at radius 3 is 2.62 bits per heavy atom. The summed E-state index contributed by atoms with van der Waals surface area (Å²) in [6.45, 7) is 6.60. The number of fused-ring (bicyclic) bond motifs is 7.